The fourth-order valence-electron chi connectivity index (χ4n) is 2.93. The number of hydrogen-bond acceptors (Lipinski definition) is 3. The molecule has 1 aliphatic heterocycles. The number of benzene rings is 1. The van der Waals surface area contributed by atoms with Crippen molar-refractivity contribution in [2.45, 2.75) is 0 Å². The number of hydrazine groups is 1. The summed E-state index contributed by atoms with van der Waals surface area (Å²) in [5.74, 6) is -0.664. The van der Waals surface area contributed by atoms with E-state index in [2.05, 4.69) is 10.9 Å². The molecule has 1 saturated heterocycles. The number of carbonyl (C=O) groups excluding carboxylic acids is 2. The minimum atomic E-state index is -0.946. The third-order valence-corrected chi connectivity index (χ3v) is 4.10. The van der Waals surface area contributed by atoms with E-state index in [4.69, 9.17) is 5.11 Å². The Bertz CT molecular complexity index is 577. The molecule has 0 spiro atoms. The molecule has 2 fully saturated rings. The van der Waals surface area contributed by atoms with Gasteiger partial charge in [-0.15, -0.1) is 0 Å². The van der Waals surface area contributed by atoms with E-state index in [1.54, 1.807) is 30.3 Å². The standard InChI is InChI=1S/C14H15N3O4/c18-12(8-4-2-1-3-5-8)15-16-13(19)11-9-6-17(14(20)21)7-10(9)11/h1-5,9-11H,6-7H2,(H,15,18)(H,16,19)(H,20,21)/t9-,10+,11?. The highest BCUT2D eigenvalue weighted by molar-refractivity contribution is 5.95. The molecule has 2 aliphatic rings. The molecular formula is C14H15N3O4. The van der Waals surface area contributed by atoms with E-state index in [0.29, 0.717) is 18.7 Å². The maximum atomic E-state index is 11.9. The zero-order valence-electron chi connectivity index (χ0n) is 11.2. The molecule has 1 aromatic carbocycles. The van der Waals surface area contributed by atoms with Crippen LogP contribution in [0.25, 0.3) is 0 Å². The van der Waals surface area contributed by atoms with Gasteiger partial charge in [0, 0.05) is 24.6 Å². The molecule has 0 bridgehead atoms. The summed E-state index contributed by atoms with van der Waals surface area (Å²) in [7, 11) is 0. The van der Waals surface area contributed by atoms with E-state index in [1.807, 2.05) is 0 Å². The van der Waals surface area contributed by atoms with Crippen molar-refractivity contribution in [2.75, 3.05) is 13.1 Å². The van der Waals surface area contributed by atoms with Gasteiger partial charge in [-0.1, -0.05) is 18.2 Å². The van der Waals surface area contributed by atoms with Crippen LogP contribution in [0.3, 0.4) is 0 Å². The van der Waals surface area contributed by atoms with Crippen LogP contribution in [0, 0.1) is 17.8 Å². The summed E-state index contributed by atoms with van der Waals surface area (Å²) < 4.78 is 0. The number of nitrogens with one attached hydrogen (secondary N) is 2. The first kappa shape index (κ1) is 13.4. The second-order valence-electron chi connectivity index (χ2n) is 5.35. The lowest BCUT2D eigenvalue weighted by Gasteiger charge is -2.15. The maximum Gasteiger partial charge on any atom is 0.407 e. The highest BCUT2D eigenvalue weighted by atomic mass is 16.4. The minimum absolute atomic E-state index is 0.0785. The van der Waals surface area contributed by atoms with Crippen LogP contribution in [0.1, 0.15) is 10.4 Å². The summed E-state index contributed by atoms with van der Waals surface area (Å²) in [6, 6.07) is 8.58. The van der Waals surface area contributed by atoms with Gasteiger partial charge in [0.25, 0.3) is 5.91 Å². The Hall–Kier alpha value is -2.57. The van der Waals surface area contributed by atoms with Crippen molar-refractivity contribution < 1.29 is 19.5 Å². The molecule has 1 saturated carbocycles. The number of amides is 3. The highest BCUT2D eigenvalue weighted by Crippen LogP contribution is 2.51. The second kappa shape index (κ2) is 5.08. The number of piperidine rings is 1. The molecule has 1 unspecified atom stereocenters. The first-order chi connectivity index (χ1) is 10.1. The third-order valence-electron chi connectivity index (χ3n) is 4.10. The first-order valence-electron chi connectivity index (χ1n) is 6.71. The summed E-state index contributed by atoms with van der Waals surface area (Å²) in [6.45, 7) is 0.787. The number of nitrogens with zero attached hydrogens (tertiary/aromatic N) is 1. The van der Waals surface area contributed by atoms with Gasteiger partial charge in [0.05, 0.1) is 0 Å². The topological polar surface area (TPSA) is 98.7 Å². The van der Waals surface area contributed by atoms with E-state index < -0.39 is 6.09 Å². The molecule has 110 valence electrons. The SMILES string of the molecule is O=C(NNC(=O)C1[C@H]2CN(C(=O)O)C[C@@H]12)c1ccccc1. The molecule has 21 heavy (non-hydrogen) atoms. The van der Waals surface area contributed by atoms with Crippen LogP contribution >= 0.6 is 0 Å². The van der Waals surface area contributed by atoms with Gasteiger partial charge in [0.2, 0.25) is 5.91 Å². The zero-order valence-corrected chi connectivity index (χ0v) is 11.2. The van der Waals surface area contributed by atoms with Crippen molar-refractivity contribution >= 4 is 17.9 Å². The molecular weight excluding hydrogens is 274 g/mol. The number of hydrogen-bond donors (Lipinski definition) is 3. The molecule has 0 aromatic heterocycles. The van der Waals surface area contributed by atoms with Crippen LogP contribution in [-0.2, 0) is 4.79 Å². The lowest BCUT2D eigenvalue weighted by Crippen LogP contribution is -2.44. The summed E-state index contributed by atoms with van der Waals surface area (Å²) in [5.41, 5.74) is 5.25. The van der Waals surface area contributed by atoms with E-state index in [-0.39, 0.29) is 29.6 Å². The van der Waals surface area contributed by atoms with Crippen molar-refractivity contribution in [3.8, 4) is 0 Å². The maximum absolute atomic E-state index is 11.9. The second-order valence-corrected chi connectivity index (χ2v) is 5.35. The van der Waals surface area contributed by atoms with Crippen LogP contribution < -0.4 is 10.9 Å². The summed E-state index contributed by atoms with van der Waals surface area (Å²) in [6.07, 6.45) is -0.946. The Labute approximate surface area is 120 Å². The van der Waals surface area contributed by atoms with Crippen LogP contribution in [-0.4, -0.2) is 41.0 Å². The Morgan fingerprint density at radius 1 is 1.05 bits per heavy atom. The number of rotatable bonds is 2. The number of carbonyl (C=O) groups is 3. The van der Waals surface area contributed by atoms with Crippen molar-refractivity contribution in [2.24, 2.45) is 17.8 Å². The van der Waals surface area contributed by atoms with Crippen LogP contribution in [0.4, 0.5) is 4.79 Å². The molecule has 3 atom stereocenters. The molecule has 7 heteroatoms. The van der Waals surface area contributed by atoms with Crippen LogP contribution in [0.15, 0.2) is 30.3 Å². The van der Waals surface area contributed by atoms with Crippen LogP contribution in [0.2, 0.25) is 0 Å². The molecule has 3 amide bonds. The van der Waals surface area contributed by atoms with E-state index in [9.17, 15) is 14.4 Å². The number of likely N-dealkylation sites (tertiary alicyclic amines) is 1. The summed E-state index contributed by atoms with van der Waals surface area (Å²) in [4.78, 5) is 35.8. The van der Waals surface area contributed by atoms with Gasteiger partial charge in [-0.05, 0) is 24.0 Å². The molecule has 1 aliphatic carbocycles. The molecule has 3 rings (SSSR count). The van der Waals surface area contributed by atoms with E-state index >= 15 is 0 Å². The van der Waals surface area contributed by atoms with Crippen molar-refractivity contribution in [1.82, 2.24) is 15.8 Å². The van der Waals surface area contributed by atoms with Crippen molar-refractivity contribution in [3.63, 3.8) is 0 Å². The first-order valence-corrected chi connectivity index (χ1v) is 6.71. The van der Waals surface area contributed by atoms with Crippen molar-refractivity contribution in [1.29, 1.82) is 0 Å². The third kappa shape index (κ3) is 2.54. The highest BCUT2D eigenvalue weighted by Gasteiger charge is 2.60. The quantitative estimate of drug-likeness (QED) is 0.682. The largest absolute Gasteiger partial charge is 0.465 e. The zero-order chi connectivity index (χ0) is 15.0. The van der Waals surface area contributed by atoms with Gasteiger partial charge in [0.1, 0.15) is 0 Å². The monoisotopic (exact) mass is 289 g/mol. The average Bonchev–Trinajstić information content (AvgIpc) is 2.99. The van der Waals surface area contributed by atoms with Gasteiger partial charge < -0.3 is 10.0 Å². The van der Waals surface area contributed by atoms with Gasteiger partial charge in [-0.25, -0.2) is 4.79 Å². The smallest absolute Gasteiger partial charge is 0.407 e. The predicted molar refractivity (Wildman–Crippen MR) is 72.1 cm³/mol. The van der Waals surface area contributed by atoms with Gasteiger partial charge in [-0.3, -0.25) is 20.4 Å². The van der Waals surface area contributed by atoms with Crippen molar-refractivity contribution in [3.05, 3.63) is 35.9 Å². The summed E-state index contributed by atoms with van der Waals surface area (Å²) in [5, 5.41) is 8.85. The minimum Gasteiger partial charge on any atom is -0.465 e. The summed E-state index contributed by atoms with van der Waals surface area (Å²) >= 11 is 0. The Balaban J connectivity index is 1.47. The Morgan fingerprint density at radius 3 is 2.24 bits per heavy atom. The normalized spacial score (nSPS) is 25.9. The Morgan fingerprint density at radius 2 is 1.67 bits per heavy atom. The molecule has 1 aromatic rings. The fourth-order valence-corrected chi connectivity index (χ4v) is 2.93. The fraction of sp³-hybridized carbons (Fsp3) is 0.357. The lowest BCUT2D eigenvalue weighted by atomic mass is 10.2. The molecule has 1 heterocycles. The number of carboxylic acid groups (broad SMARTS) is 1. The Kier molecular flexibility index (Phi) is 3.25. The molecule has 3 N–H and O–H groups in total. The van der Waals surface area contributed by atoms with Gasteiger partial charge in [-0.2, -0.15) is 0 Å². The lowest BCUT2D eigenvalue weighted by molar-refractivity contribution is -0.124. The van der Waals surface area contributed by atoms with E-state index in [0.717, 1.165) is 0 Å². The number of fused-ring (bicyclic) bond motifs is 1. The van der Waals surface area contributed by atoms with Gasteiger partial charge in [0.15, 0.2) is 0 Å². The average molecular weight is 289 g/mol. The molecule has 7 nitrogen and oxygen atoms in total. The molecule has 0 radical (unpaired) electrons. The predicted octanol–water partition coefficient (Wildman–Crippen LogP) is 0.303. The van der Waals surface area contributed by atoms with Gasteiger partial charge >= 0.3 is 6.09 Å². The van der Waals surface area contributed by atoms with E-state index in [1.165, 1.54) is 4.90 Å². The van der Waals surface area contributed by atoms with Crippen LogP contribution in [0.5, 0.6) is 0 Å².